The zero-order chi connectivity index (χ0) is 29.1. The third kappa shape index (κ3) is 10.5. The van der Waals surface area contributed by atoms with Crippen molar-refractivity contribution in [1.82, 2.24) is 16.0 Å². The summed E-state index contributed by atoms with van der Waals surface area (Å²) in [7, 11) is 0. The highest BCUT2D eigenvalue weighted by Crippen LogP contribution is 2.31. The largest absolute Gasteiger partial charge is 0.481 e. The highest BCUT2D eigenvalue weighted by atomic mass is 16.4. The minimum atomic E-state index is -1.50. The molecule has 220 valence electrons. The van der Waals surface area contributed by atoms with Crippen LogP contribution in [0.15, 0.2) is 0 Å². The highest BCUT2D eigenvalue weighted by molar-refractivity contribution is 5.96. The van der Waals surface area contributed by atoms with Crippen LogP contribution >= 0.6 is 0 Å². The first-order chi connectivity index (χ1) is 18.4. The molecule has 0 aliphatic heterocycles. The number of nitrogens with one attached hydrogen (secondary N) is 3. The number of carboxylic acid groups (broad SMARTS) is 2. The fourth-order valence-electron chi connectivity index (χ4n) is 5.65. The van der Waals surface area contributed by atoms with E-state index in [9.17, 15) is 39.0 Å². The van der Waals surface area contributed by atoms with Gasteiger partial charge in [0.1, 0.15) is 18.1 Å². The van der Waals surface area contributed by atoms with Crippen molar-refractivity contribution in [1.29, 1.82) is 0 Å². The molecule has 4 amide bonds. The molecule has 0 aromatic rings. The predicted molar refractivity (Wildman–Crippen MR) is 141 cm³/mol. The monoisotopic (exact) mass is 552 g/mol. The van der Waals surface area contributed by atoms with E-state index in [2.05, 4.69) is 16.0 Å². The smallest absolute Gasteiger partial charge is 0.307 e. The van der Waals surface area contributed by atoms with Crippen molar-refractivity contribution in [3.05, 3.63) is 0 Å². The van der Waals surface area contributed by atoms with Crippen LogP contribution in [0.2, 0.25) is 0 Å². The Morgan fingerprint density at radius 3 is 1.82 bits per heavy atom. The maximum absolute atomic E-state index is 13.4. The Labute approximate surface area is 229 Å². The molecule has 0 aromatic heterocycles. The number of aliphatic carboxylic acids is 2. The van der Waals surface area contributed by atoms with E-state index in [1.807, 2.05) is 13.8 Å². The van der Waals surface area contributed by atoms with Crippen LogP contribution in [0, 0.1) is 23.7 Å². The lowest BCUT2D eigenvalue weighted by atomic mass is 9.78. The second-order valence-corrected chi connectivity index (χ2v) is 11.4. The molecule has 0 heterocycles. The Balaban J connectivity index is 2.21. The van der Waals surface area contributed by atoms with Crippen LogP contribution < -0.4 is 21.7 Å². The van der Waals surface area contributed by atoms with Gasteiger partial charge in [0, 0.05) is 0 Å². The predicted octanol–water partition coefficient (Wildman–Crippen LogP) is 1.31. The van der Waals surface area contributed by atoms with Gasteiger partial charge >= 0.3 is 11.9 Å². The van der Waals surface area contributed by atoms with E-state index in [4.69, 9.17) is 5.73 Å². The lowest BCUT2D eigenvalue weighted by molar-refractivity contribution is -0.149. The average Bonchev–Trinajstić information content (AvgIpc) is 2.87. The van der Waals surface area contributed by atoms with Crippen LogP contribution in [-0.2, 0) is 28.8 Å². The molecule has 2 rings (SSSR count). The standard InChI is InChI=1S/C27H44N4O8/c1-15(2)12-19(23(28)34)29-26(37)21(14-22(32)33)31-25(36)20(13-16-8-4-3-5-9-16)30-24(35)17-10-6-7-11-18(17)27(38)39/h15-21H,3-14H2,1-2H3,(H2,28,34)(H,29,37)(H,30,35)(H,31,36)(H,32,33)(H,38,39)/t17?,18-,19-,20-,21?/m0/s1. The number of hydrogen-bond donors (Lipinski definition) is 6. The fourth-order valence-corrected chi connectivity index (χ4v) is 5.65. The molecule has 2 fully saturated rings. The molecule has 0 radical (unpaired) electrons. The summed E-state index contributed by atoms with van der Waals surface area (Å²) in [6, 6.07) is -3.61. The summed E-state index contributed by atoms with van der Waals surface area (Å²) < 4.78 is 0. The number of primary amides is 1. The molecule has 39 heavy (non-hydrogen) atoms. The molecular weight excluding hydrogens is 508 g/mol. The van der Waals surface area contributed by atoms with E-state index < -0.39 is 71.9 Å². The maximum atomic E-state index is 13.4. The van der Waals surface area contributed by atoms with Gasteiger partial charge in [-0.25, -0.2) is 0 Å². The van der Waals surface area contributed by atoms with E-state index in [1.54, 1.807) is 0 Å². The summed E-state index contributed by atoms with van der Waals surface area (Å²) in [5, 5.41) is 26.6. The van der Waals surface area contributed by atoms with Crippen LogP contribution in [0.3, 0.4) is 0 Å². The normalized spacial score (nSPS) is 22.2. The molecular formula is C27H44N4O8. The summed E-state index contributed by atoms with van der Waals surface area (Å²) in [5.74, 6) is -6.73. The number of nitrogens with two attached hydrogens (primary N) is 1. The van der Waals surface area contributed by atoms with Gasteiger partial charge in [-0.05, 0) is 37.5 Å². The van der Waals surface area contributed by atoms with Gasteiger partial charge in [0.05, 0.1) is 18.3 Å². The number of carbonyl (C=O) groups excluding carboxylic acids is 4. The Bertz CT molecular complexity index is 902. The first kappa shape index (κ1) is 32.0. The van der Waals surface area contributed by atoms with Crippen molar-refractivity contribution in [3.63, 3.8) is 0 Å². The first-order valence-electron chi connectivity index (χ1n) is 14.0. The zero-order valence-electron chi connectivity index (χ0n) is 22.9. The van der Waals surface area contributed by atoms with Crippen LogP contribution in [-0.4, -0.2) is 63.9 Å². The molecule has 12 heteroatoms. The summed E-state index contributed by atoms with van der Waals surface area (Å²) in [4.78, 5) is 74.7. The molecule has 0 aromatic carbocycles. The van der Waals surface area contributed by atoms with E-state index in [-0.39, 0.29) is 18.3 Å². The number of amides is 4. The van der Waals surface area contributed by atoms with Gasteiger partial charge in [-0.3, -0.25) is 28.8 Å². The molecule has 0 bridgehead atoms. The molecule has 12 nitrogen and oxygen atoms in total. The second-order valence-electron chi connectivity index (χ2n) is 11.4. The molecule has 2 unspecified atom stereocenters. The summed E-state index contributed by atoms with van der Waals surface area (Å²) in [6.07, 6.45) is 6.79. The van der Waals surface area contributed by atoms with E-state index in [1.165, 1.54) is 0 Å². The highest BCUT2D eigenvalue weighted by Gasteiger charge is 2.38. The van der Waals surface area contributed by atoms with Gasteiger partial charge in [0.25, 0.3) is 0 Å². The van der Waals surface area contributed by atoms with Crippen LogP contribution in [0.1, 0.15) is 90.9 Å². The summed E-state index contributed by atoms with van der Waals surface area (Å²) in [5.41, 5.74) is 5.40. The number of carbonyl (C=O) groups is 6. The van der Waals surface area contributed by atoms with E-state index in [0.29, 0.717) is 32.1 Å². The van der Waals surface area contributed by atoms with Gasteiger partial charge in [-0.2, -0.15) is 0 Å². The Hall–Kier alpha value is -3.18. The van der Waals surface area contributed by atoms with Crippen molar-refractivity contribution in [3.8, 4) is 0 Å². The zero-order valence-corrected chi connectivity index (χ0v) is 22.9. The Morgan fingerprint density at radius 1 is 0.744 bits per heavy atom. The van der Waals surface area contributed by atoms with E-state index in [0.717, 1.165) is 32.1 Å². The third-order valence-corrected chi connectivity index (χ3v) is 7.73. The van der Waals surface area contributed by atoms with Gasteiger partial charge < -0.3 is 31.9 Å². The van der Waals surface area contributed by atoms with Gasteiger partial charge in [-0.1, -0.05) is 58.8 Å². The van der Waals surface area contributed by atoms with Crippen molar-refractivity contribution in [2.24, 2.45) is 29.4 Å². The van der Waals surface area contributed by atoms with Crippen molar-refractivity contribution >= 4 is 35.6 Å². The molecule has 2 saturated carbocycles. The van der Waals surface area contributed by atoms with Gasteiger partial charge in [-0.15, -0.1) is 0 Å². The van der Waals surface area contributed by atoms with Gasteiger partial charge in [0.15, 0.2) is 0 Å². The maximum Gasteiger partial charge on any atom is 0.307 e. The van der Waals surface area contributed by atoms with E-state index >= 15 is 0 Å². The average molecular weight is 553 g/mol. The number of hydrogen-bond acceptors (Lipinski definition) is 6. The first-order valence-corrected chi connectivity index (χ1v) is 14.0. The Kier molecular flexibility index (Phi) is 12.7. The summed E-state index contributed by atoms with van der Waals surface area (Å²) in [6.45, 7) is 3.66. The second kappa shape index (κ2) is 15.4. The van der Waals surface area contributed by atoms with Crippen molar-refractivity contribution in [2.75, 3.05) is 0 Å². The lowest BCUT2D eigenvalue weighted by Gasteiger charge is -2.31. The molecule has 0 saturated heterocycles. The molecule has 7 N–H and O–H groups in total. The molecule has 2 aliphatic carbocycles. The topological polar surface area (TPSA) is 205 Å². The minimum absolute atomic E-state index is 0.0137. The summed E-state index contributed by atoms with van der Waals surface area (Å²) >= 11 is 0. The molecule has 5 atom stereocenters. The number of carboxylic acids is 2. The Morgan fingerprint density at radius 2 is 1.28 bits per heavy atom. The molecule has 0 spiro atoms. The van der Waals surface area contributed by atoms with Gasteiger partial charge in [0.2, 0.25) is 23.6 Å². The minimum Gasteiger partial charge on any atom is -0.481 e. The van der Waals surface area contributed by atoms with Crippen LogP contribution in [0.4, 0.5) is 0 Å². The van der Waals surface area contributed by atoms with Crippen LogP contribution in [0.5, 0.6) is 0 Å². The SMILES string of the molecule is CC(C)C[C@H](NC(=O)C(CC(=O)O)NC(=O)[C@H](CC1CCCCC1)NC(=O)C1CCCC[C@@H]1C(=O)O)C(N)=O. The fraction of sp³-hybridized carbons (Fsp3) is 0.778. The van der Waals surface area contributed by atoms with Crippen molar-refractivity contribution < 1.29 is 39.0 Å². The third-order valence-electron chi connectivity index (χ3n) is 7.73. The number of rotatable bonds is 14. The quantitative estimate of drug-likeness (QED) is 0.185. The van der Waals surface area contributed by atoms with Crippen LogP contribution in [0.25, 0.3) is 0 Å². The lowest BCUT2D eigenvalue weighted by Crippen LogP contribution is -2.58. The van der Waals surface area contributed by atoms with Crippen molar-refractivity contribution in [2.45, 2.75) is 109 Å². The molecule has 2 aliphatic rings.